The molecule has 0 saturated heterocycles. The number of methoxy groups -OCH3 is 1. The van der Waals surface area contributed by atoms with Crippen LogP contribution >= 0.6 is 11.8 Å². The van der Waals surface area contributed by atoms with Gasteiger partial charge in [-0.1, -0.05) is 6.92 Å². The van der Waals surface area contributed by atoms with Crippen molar-refractivity contribution in [1.82, 2.24) is 5.32 Å². The molecule has 0 amide bonds. The highest BCUT2D eigenvalue weighted by atomic mass is 32.2. The van der Waals surface area contributed by atoms with Gasteiger partial charge in [-0.15, -0.1) is 0 Å². The molecule has 1 rings (SSSR count). The van der Waals surface area contributed by atoms with E-state index in [-0.39, 0.29) is 0 Å². The van der Waals surface area contributed by atoms with E-state index < -0.39 is 0 Å². The molecular weight excluding hydrogens is 194 g/mol. The van der Waals surface area contributed by atoms with Crippen LogP contribution in [0.4, 0.5) is 0 Å². The van der Waals surface area contributed by atoms with Gasteiger partial charge in [0.05, 0.1) is 6.10 Å². The lowest BCUT2D eigenvalue weighted by Crippen LogP contribution is -2.33. The van der Waals surface area contributed by atoms with E-state index in [0.717, 1.165) is 17.8 Å². The average molecular weight is 217 g/mol. The van der Waals surface area contributed by atoms with Gasteiger partial charge in [-0.3, -0.25) is 0 Å². The van der Waals surface area contributed by atoms with Crippen LogP contribution in [0.1, 0.15) is 33.1 Å². The number of rotatable bonds is 6. The predicted molar refractivity (Wildman–Crippen MR) is 64.0 cm³/mol. The lowest BCUT2D eigenvalue weighted by Gasteiger charge is -2.16. The van der Waals surface area contributed by atoms with Crippen LogP contribution in [0, 0.1) is 0 Å². The average Bonchev–Trinajstić information content (AvgIpc) is 2.63. The van der Waals surface area contributed by atoms with Gasteiger partial charge in [0.25, 0.3) is 0 Å². The van der Waals surface area contributed by atoms with Crippen molar-refractivity contribution in [2.24, 2.45) is 0 Å². The van der Waals surface area contributed by atoms with Crippen LogP contribution in [0.5, 0.6) is 0 Å². The van der Waals surface area contributed by atoms with Crippen molar-refractivity contribution >= 4 is 11.8 Å². The molecule has 3 atom stereocenters. The zero-order valence-corrected chi connectivity index (χ0v) is 10.4. The van der Waals surface area contributed by atoms with E-state index >= 15 is 0 Å². The molecule has 84 valence electrons. The number of ether oxygens (including phenoxy) is 1. The maximum Gasteiger partial charge on any atom is 0.0667 e. The molecule has 0 aromatic heterocycles. The Morgan fingerprint density at radius 1 is 1.50 bits per heavy atom. The zero-order valence-electron chi connectivity index (χ0n) is 9.58. The summed E-state index contributed by atoms with van der Waals surface area (Å²) in [5.41, 5.74) is 0. The molecule has 3 unspecified atom stereocenters. The highest BCUT2D eigenvalue weighted by molar-refractivity contribution is 7.99. The third-order valence-corrected chi connectivity index (χ3v) is 4.12. The zero-order chi connectivity index (χ0) is 10.4. The Labute approximate surface area is 92.2 Å². The third-order valence-electron chi connectivity index (χ3n) is 2.88. The second-order valence-electron chi connectivity index (χ2n) is 4.04. The Hall–Kier alpha value is 0.270. The van der Waals surface area contributed by atoms with Crippen LogP contribution in [0.15, 0.2) is 0 Å². The second kappa shape index (κ2) is 6.70. The van der Waals surface area contributed by atoms with Gasteiger partial charge < -0.3 is 10.1 Å². The first-order chi connectivity index (χ1) is 6.76. The predicted octanol–water partition coefficient (Wildman–Crippen LogP) is 2.29. The summed E-state index contributed by atoms with van der Waals surface area (Å²) < 4.78 is 5.22. The normalized spacial score (nSPS) is 29.4. The van der Waals surface area contributed by atoms with E-state index in [1.807, 2.05) is 0 Å². The Kier molecular flexibility index (Phi) is 5.90. The molecule has 1 aliphatic carbocycles. The molecule has 1 N–H and O–H groups in total. The molecule has 0 spiro atoms. The molecule has 0 aromatic carbocycles. The van der Waals surface area contributed by atoms with Crippen molar-refractivity contribution in [3.8, 4) is 0 Å². The number of thioether (sulfide) groups is 1. The quantitative estimate of drug-likeness (QED) is 0.737. The summed E-state index contributed by atoms with van der Waals surface area (Å²) in [6, 6.07) is 0.733. The molecule has 14 heavy (non-hydrogen) atoms. The second-order valence-corrected chi connectivity index (χ2v) is 5.62. The first kappa shape index (κ1) is 12.3. The summed E-state index contributed by atoms with van der Waals surface area (Å²) in [7, 11) is 1.77. The van der Waals surface area contributed by atoms with E-state index in [2.05, 4.69) is 30.9 Å². The van der Waals surface area contributed by atoms with Crippen LogP contribution < -0.4 is 5.32 Å². The van der Waals surface area contributed by atoms with Crippen LogP contribution in [0.25, 0.3) is 0 Å². The minimum absolute atomic E-state index is 0.341. The fraction of sp³-hybridized carbons (Fsp3) is 1.00. The molecule has 1 aliphatic rings. The van der Waals surface area contributed by atoms with E-state index in [9.17, 15) is 0 Å². The summed E-state index contributed by atoms with van der Waals surface area (Å²) in [6.07, 6.45) is 4.41. The first-order valence-electron chi connectivity index (χ1n) is 5.64. The summed E-state index contributed by atoms with van der Waals surface area (Å²) in [4.78, 5) is 0. The Morgan fingerprint density at radius 3 is 2.93 bits per heavy atom. The Bertz CT molecular complexity index is 154. The number of nitrogens with one attached hydrogen (secondary N) is 1. The van der Waals surface area contributed by atoms with Gasteiger partial charge in [-0.2, -0.15) is 11.8 Å². The third kappa shape index (κ3) is 4.20. The number of hydrogen-bond acceptors (Lipinski definition) is 3. The lowest BCUT2D eigenvalue weighted by atomic mass is 10.2. The summed E-state index contributed by atoms with van der Waals surface area (Å²) in [5.74, 6) is 1.26. The SMILES string of the molecule is CCSC1CCC(NCC(C)OC)C1. The minimum Gasteiger partial charge on any atom is -0.380 e. The molecule has 2 nitrogen and oxygen atoms in total. The molecule has 0 bridgehead atoms. The lowest BCUT2D eigenvalue weighted by molar-refractivity contribution is 0.114. The molecule has 0 aromatic rings. The van der Waals surface area contributed by atoms with Gasteiger partial charge in [0.15, 0.2) is 0 Å². The number of hydrogen-bond donors (Lipinski definition) is 1. The summed E-state index contributed by atoms with van der Waals surface area (Å²) >= 11 is 2.11. The van der Waals surface area contributed by atoms with Crippen LogP contribution in [-0.4, -0.2) is 36.8 Å². The van der Waals surface area contributed by atoms with Crippen LogP contribution in [0.3, 0.4) is 0 Å². The molecule has 0 aliphatic heterocycles. The van der Waals surface area contributed by atoms with Crippen molar-refractivity contribution in [2.45, 2.75) is 50.5 Å². The van der Waals surface area contributed by atoms with Gasteiger partial charge in [0.2, 0.25) is 0 Å². The van der Waals surface area contributed by atoms with E-state index in [4.69, 9.17) is 4.74 Å². The molecule has 1 saturated carbocycles. The topological polar surface area (TPSA) is 21.3 Å². The summed E-state index contributed by atoms with van der Waals surface area (Å²) in [6.45, 7) is 5.35. The fourth-order valence-electron chi connectivity index (χ4n) is 1.93. The minimum atomic E-state index is 0.341. The van der Waals surface area contributed by atoms with Crippen molar-refractivity contribution in [1.29, 1.82) is 0 Å². The highest BCUT2D eigenvalue weighted by Crippen LogP contribution is 2.29. The monoisotopic (exact) mass is 217 g/mol. The molecule has 1 fully saturated rings. The smallest absolute Gasteiger partial charge is 0.0667 e. The standard InChI is InChI=1S/C11H23NOS/c1-4-14-11-6-5-10(7-11)12-8-9(2)13-3/h9-12H,4-8H2,1-3H3. The van der Waals surface area contributed by atoms with E-state index in [1.54, 1.807) is 7.11 Å². The van der Waals surface area contributed by atoms with Crippen LogP contribution in [-0.2, 0) is 4.74 Å². The Balaban J connectivity index is 2.09. The van der Waals surface area contributed by atoms with Crippen LogP contribution in [0.2, 0.25) is 0 Å². The van der Waals surface area contributed by atoms with E-state index in [0.29, 0.717) is 6.10 Å². The highest BCUT2D eigenvalue weighted by Gasteiger charge is 2.24. The molecule has 3 heteroatoms. The maximum absolute atomic E-state index is 5.22. The van der Waals surface area contributed by atoms with Gasteiger partial charge in [-0.05, 0) is 31.9 Å². The van der Waals surface area contributed by atoms with Crippen molar-refractivity contribution in [3.63, 3.8) is 0 Å². The molecule has 0 radical (unpaired) electrons. The Morgan fingerprint density at radius 2 is 2.29 bits per heavy atom. The van der Waals surface area contributed by atoms with Gasteiger partial charge >= 0.3 is 0 Å². The summed E-state index contributed by atoms with van der Waals surface area (Å²) in [5, 5.41) is 4.48. The van der Waals surface area contributed by atoms with Crippen molar-refractivity contribution in [3.05, 3.63) is 0 Å². The fourth-order valence-corrected chi connectivity index (χ4v) is 3.07. The van der Waals surface area contributed by atoms with Gasteiger partial charge in [0.1, 0.15) is 0 Å². The first-order valence-corrected chi connectivity index (χ1v) is 6.69. The van der Waals surface area contributed by atoms with E-state index in [1.165, 1.54) is 25.0 Å². The van der Waals surface area contributed by atoms with Gasteiger partial charge in [-0.25, -0.2) is 0 Å². The molecule has 0 heterocycles. The largest absolute Gasteiger partial charge is 0.380 e. The molecular formula is C11H23NOS. The van der Waals surface area contributed by atoms with Crippen molar-refractivity contribution < 1.29 is 4.74 Å². The van der Waals surface area contributed by atoms with Gasteiger partial charge in [0, 0.05) is 24.9 Å². The van der Waals surface area contributed by atoms with Crippen molar-refractivity contribution in [2.75, 3.05) is 19.4 Å². The maximum atomic E-state index is 5.22.